The molecule has 2 rings (SSSR count). The maximum absolute atomic E-state index is 12.2. The van der Waals surface area contributed by atoms with E-state index in [-0.39, 0.29) is 5.91 Å². The van der Waals surface area contributed by atoms with Crippen LogP contribution < -0.4 is 10.2 Å². The molecule has 0 fully saturated rings. The minimum Gasteiger partial charge on any atom is -0.361 e. The third-order valence-corrected chi connectivity index (χ3v) is 3.02. The SMILES string of the molecule is CN(C)c1nn(C)cc1C(=O)NCCc1ccccc1. The Labute approximate surface area is 119 Å². The van der Waals surface area contributed by atoms with Crippen molar-refractivity contribution >= 4 is 11.7 Å². The van der Waals surface area contributed by atoms with Gasteiger partial charge in [0.25, 0.3) is 5.91 Å². The standard InChI is InChI=1S/C15H20N4O/c1-18(2)14-13(11-19(3)17-14)15(20)16-10-9-12-7-5-4-6-8-12/h4-8,11H,9-10H2,1-3H3,(H,16,20). The number of amides is 1. The second-order valence-electron chi connectivity index (χ2n) is 4.93. The van der Waals surface area contributed by atoms with Gasteiger partial charge in [0, 0.05) is 33.9 Å². The van der Waals surface area contributed by atoms with Crippen molar-refractivity contribution in [3.05, 3.63) is 47.7 Å². The van der Waals surface area contributed by atoms with E-state index in [4.69, 9.17) is 0 Å². The fourth-order valence-electron chi connectivity index (χ4n) is 2.03. The lowest BCUT2D eigenvalue weighted by atomic mass is 10.1. The quantitative estimate of drug-likeness (QED) is 0.896. The molecule has 0 aliphatic rings. The van der Waals surface area contributed by atoms with Crippen LogP contribution in [0, 0.1) is 0 Å². The number of aryl methyl sites for hydroxylation is 1. The zero-order valence-corrected chi connectivity index (χ0v) is 12.1. The summed E-state index contributed by atoms with van der Waals surface area (Å²) in [6, 6.07) is 10.1. The number of hydrogen-bond donors (Lipinski definition) is 1. The van der Waals surface area contributed by atoms with Gasteiger partial charge in [-0.25, -0.2) is 0 Å². The van der Waals surface area contributed by atoms with Crippen molar-refractivity contribution < 1.29 is 4.79 Å². The van der Waals surface area contributed by atoms with E-state index in [1.54, 1.807) is 10.9 Å². The monoisotopic (exact) mass is 272 g/mol. The van der Waals surface area contributed by atoms with Crippen molar-refractivity contribution in [2.24, 2.45) is 7.05 Å². The number of carbonyl (C=O) groups is 1. The van der Waals surface area contributed by atoms with Crippen LogP contribution in [0.5, 0.6) is 0 Å². The van der Waals surface area contributed by atoms with Crippen molar-refractivity contribution in [1.82, 2.24) is 15.1 Å². The third kappa shape index (κ3) is 3.38. The number of carbonyl (C=O) groups excluding carboxylic acids is 1. The van der Waals surface area contributed by atoms with Crippen molar-refractivity contribution in [2.45, 2.75) is 6.42 Å². The largest absolute Gasteiger partial charge is 0.361 e. The highest BCUT2D eigenvalue weighted by atomic mass is 16.1. The average molecular weight is 272 g/mol. The molecule has 0 unspecified atom stereocenters. The van der Waals surface area contributed by atoms with Gasteiger partial charge in [-0.05, 0) is 12.0 Å². The molecule has 106 valence electrons. The zero-order valence-electron chi connectivity index (χ0n) is 12.1. The first kappa shape index (κ1) is 14.1. The van der Waals surface area contributed by atoms with Crippen LogP contribution in [0.2, 0.25) is 0 Å². The Kier molecular flexibility index (Phi) is 4.40. The van der Waals surface area contributed by atoms with Crippen LogP contribution in [0.4, 0.5) is 5.82 Å². The summed E-state index contributed by atoms with van der Waals surface area (Å²) >= 11 is 0. The van der Waals surface area contributed by atoms with Gasteiger partial charge in [-0.2, -0.15) is 5.10 Å². The van der Waals surface area contributed by atoms with Crippen LogP contribution in [0.3, 0.4) is 0 Å². The van der Waals surface area contributed by atoms with E-state index in [9.17, 15) is 4.79 Å². The number of hydrogen-bond acceptors (Lipinski definition) is 3. The van der Waals surface area contributed by atoms with E-state index in [1.807, 2.05) is 44.2 Å². The molecule has 0 saturated carbocycles. The lowest BCUT2D eigenvalue weighted by Gasteiger charge is -2.11. The highest BCUT2D eigenvalue weighted by Gasteiger charge is 2.16. The minimum absolute atomic E-state index is 0.0854. The van der Waals surface area contributed by atoms with Gasteiger partial charge in [-0.1, -0.05) is 30.3 Å². The first-order valence-electron chi connectivity index (χ1n) is 6.61. The number of benzene rings is 1. The molecule has 5 heteroatoms. The summed E-state index contributed by atoms with van der Waals surface area (Å²) in [5.41, 5.74) is 1.82. The Bertz CT molecular complexity index is 575. The van der Waals surface area contributed by atoms with Gasteiger partial charge in [0.2, 0.25) is 0 Å². The zero-order chi connectivity index (χ0) is 14.5. The molecule has 0 spiro atoms. The number of nitrogens with zero attached hydrogens (tertiary/aromatic N) is 3. The summed E-state index contributed by atoms with van der Waals surface area (Å²) in [6.07, 6.45) is 2.57. The van der Waals surface area contributed by atoms with Crippen LogP contribution in [0.1, 0.15) is 15.9 Å². The molecule has 0 saturated heterocycles. The van der Waals surface area contributed by atoms with Crippen LogP contribution in [-0.2, 0) is 13.5 Å². The number of nitrogens with one attached hydrogen (secondary N) is 1. The highest BCUT2D eigenvalue weighted by Crippen LogP contribution is 2.15. The summed E-state index contributed by atoms with van der Waals surface area (Å²) in [5, 5.41) is 7.22. The Morgan fingerprint density at radius 2 is 2.00 bits per heavy atom. The normalized spacial score (nSPS) is 10.3. The molecule has 0 atom stereocenters. The van der Waals surface area contributed by atoms with Gasteiger partial charge in [0.05, 0.1) is 0 Å². The van der Waals surface area contributed by atoms with Crippen LogP contribution in [-0.4, -0.2) is 36.3 Å². The Morgan fingerprint density at radius 3 is 2.65 bits per heavy atom. The van der Waals surface area contributed by atoms with E-state index in [1.165, 1.54) is 5.56 Å². The first-order valence-corrected chi connectivity index (χ1v) is 6.61. The first-order chi connectivity index (χ1) is 9.58. The smallest absolute Gasteiger partial charge is 0.256 e. The van der Waals surface area contributed by atoms with E-state index in [0.29, 0.717) is 17.9 Å². The van der Waals surface area contributed by atoms with Gasteiger partial charge in [0.15, 0.2) is 5.82 Å². The van der Waals surface area contributed by atoms with E-state index >= 15 is 0 Å². The highest BCUT2D eigenvalue weighted by molar-refractivity contribution is 5.98. The predicted octanol–water partition coefficient (Wildman–Crippen LogP) is 1.46. The maximum atomic E-state index is 12.2. The fraction of sp³-hybridized carbons (Fsp3) is 0.333. The predicted molar refractivity (Wildman–Crippen MR) is 80.0 cm³/mol. The molecule has 5 nitrogen and oxygen atoms in total. The lowest BCUT2D eigenvalue weighted by molar-refractivity contribution is 0.0954. The molecule has 1 N–H and O–H groups in total. The number of rotatable bonds is 5. The molecule has 20 heavy (non-hydrogen) atoms. The van der Waals surface area contributed by atoms with Crippen molar-refractivity contribution in [2.75, 3.05) is 25.5 Å². The summed E-state index contributed by atoms with van der Waals surface area (Å²) < 4.78 is 1.65. The molecular weight excluding hydrogens is 252 g/mol. The molecule has 0 aliphatic heterocycles. The molecule has 2 aromatic rings. The molecule has 0 bridgehead atoms. The average Bonchev–Trinajstić information content (AvgIpc) is 2.82. The second-order valence-corrected chi connectivity index (χ2v) is 4.93. The molecule has 1 amide bonds. The lowest BCUT2D eigenvalue weighted by Crippen LogP contribution is -2.27. The van der Waals surface area contributed by atoms with E-state index < -0.39 is 0 Å². The van der Waals surface area contributed by atoms with Gasteiger partial charge < -0.3 is 10.2 Å². The van der Waals surface area contributed by atoms with E-state index in [2.05, 4.69) is 22.5 Å². The Balaban J connectivity index is 1.95. The summed E-state index contributed by atoms with van der Waals surface area (Å²) in [5.74, 6) is 0.599. The Hall–Kier alpha value is -2.30. The topological polar surface area (TPSA) is 50.2 Å². The van der Waals surface area contributed by atoms with E-state index in [0.717, 1.165) is 6.42 Å². The van der Waals surface area contributed by atoms with Crippen molar-refractivity contribution in [3.63, 3.8) is 0 Å². The molecule has 0 radical (unpaired) electrons. The molecular formula is C15H20N4O. The van der Waals surface area contributed by atoms with Crippen LogP contribution in [0.15, 0.2) is 36.5 Å². The molecule has 1 aromatic carbocycles. The van der Waals surface area contributed by atoms with Gasteiger partial charge in [-0.3, -0.25) is 9.48 Å². The van der Waals surface area contributed by atoms with Crippen LogP contribution >= 0.6 is 0 Å². The minimum atomic E-state index is -0.0854. The number of anilines is 1. The van der Waals surface area contributed by atoms with Gasteiger partial charge in [-0.15, -0.1) is 0 Å². The third-order valence-electron chi connectivity index (χ3n) is 3.02. The van der Waals surface area contributed by atoms with Gasteiger partial charge in [0.1, 0.15) is 5.56 Å². The fourth-order valence-corrected chi connectivity index (χ4v) is 2.03. The summed E-state index contributed by atoms with van der Waals surface area (Å²) in [6.45, 7) is 0.616. The Morgan fingerprint density at radius 1 is 1.30 bits per heavy atom. The van der Waals surface area contributed by atoms with Crippen molar-refractivity contribution in [3.8, 4) is 0 Å². The molecule has 0 aliphatic carbocycles. The number of aromatic nitrogens is 2. The molecule has 1 aromatic heterocycles. The molecule has 1 heterocycles. The van der Waals surface area contributed by atoms with Crippen molar-refractivity contribution in [1.29, 1.82) is 0 Å². The maximum Gasteiger partial charge on any atom is 0.256 e. The summed E-state index contributed by atoms with van der Waals surface area (Å²) in [4.78, 5) is 14.0. The summed E-state index contributed by atoms with van der Waals surface area (Å²) in [7, 11) is 5.57. The second kappa shape index (κ2) is 6.23. The van der Waals surface area contributed by atoms with Gasteiger partial charge >= 0.3 is 0 Å². The van der Waals surface area contributed by atoms with Crippen LogP contribution in [0.25, 0.3) is 0 Å².